The Labute approximate surface area is 140 Å². The Morgan fingerprint density at radius 2 is 2.22 bits per heavy atom. The molecule has 124 valence electrons. The summed E-state index contributed by atoms with van der Waals surface area (Å²) in [6.07, 6.45) is 3.51. The van der Waals surface area contributed by atoms with Crippen molar-refractivity contribution in [1.82, 2.24) is 14.9 Å². The number of ether oxygens (including phenoxy) is 1. The van der Waals surface area contributed by atoms with E-state index in [9.17, 15) is 4.79 Å². The van der Waals surface area contributed by atoms with Crippen LogP contribution in [-0.2, 0) is 13.1 Å². The number of anilines is 1. The number of aryl methyl sites for hydroxylation is 1. The van der Waals surface area contributed by atoms with E-state index in [1.54, 1.807) is 30.7 Å². The average Bonchev–Trinajstić information content (AvgIpc) is 2.95. The molecule has 1 aromatic heterocycles. The van der Waals surface area contributed by atoms with Gasteiger partial charge in [-0.2, -0.15) is 0 Å². The third kappa shape index (κ3) is 4.89. The van der Waals surface area contributed by atoms with Gasteiger partial charge < -0.3 is 19.9 Å². The van der Waals surface area contributed by atoms with Gasteiger partial charge in [0.15, 0.2) is 0 Å². The molecule has 2 rings (SSSR count). The molecule has 23 heavy (non-hydrogen) atoms. The molecule has 0 aliphatic heterocycles. The molecule has 0 spiro atoms. The summed E-state index contributed by atoms with van der Waals surface area (Å²) < 4.78 is 7.52. The molecule has 2 N–H and O–H groups in total. The highest BCUT2D eigenvalue weighted by Gasteiger charge is 2.08. The van der Waals surface area contributed by atoms with E-state index < -0.39 is 0 Å². The van der Waals surface area contributed by atoms with Gasteiger partial charge in [0.1, 0.15) is 5.75 Å². The van der Waals surface area contributed by atoms with Crippen molar-refractivity contribution in [2.24, 2.45) is 0 Å². The molecule has 0 unspecified atom stereocenters. The maximum absolute atomic E-state index is 12.0. The lowest BCUT2D eigenvalue weighted by Crippen LogP contribution is -2.29. The molecular formula is C16H21ClN4O2. The normalized spacial score (nSPS) is 10.7. The highest BCUT2D eigenvalue weighted by atomic mass is 35.5. The number of hydrogen-bond acceptors (Lipinski definition) is 3. The van der Waals surface area contributed by atoms with Gasteiger partial charge in [0.05, 0.1) is 29.7 Å². The van der Waals surface area contributed by atoms with Crippen molar-refractivity contribution < 1.29 is 9.53 Å². The van der Waals surface area contributed by atoms with Crippen LogP contribution in [0.4, 0.5) is 10.5 Å². The minimum Gasteiger partial charge on any atom is -0.489 e. The SMILES string of the molecule is CCn1cncc1CNC(=O)Nc1ccc(OC(C)C)c(Cl)c1. The molecule has 0 saturated heterocycles. The summed E-state index contributed by atoms with van der Waals surface area (Å²) in [6, 6.07) is 4.85. The van der Waals surface area contributed by atoms with Crippen molar-refractivity contribution in [2.75, 3.05) is 5.32 Å². The van der Waals surface area contributed by atoms with Gasteiger partial charge in [-0.25, -0.2) is 9.78 Å². The van der Waals surface area contributed by atoms with Crippen molar-refractivity contribution in [3.63, 3.8) is 0 Å². The lowest BCUT2D eigenvalue weighted by Gasteiger charge is -2.13. The first-order chi connectivity index (χ1) is 11.0. The third-order valence-corrected chi connectivity index (χ3v) is 3.42. The number of benzene rings is 1. The highest BCUT2D eigenvalue weighted by Crippen LogP contribution is 2.28. The van der Waals surface area contributed by atoms with E-state index in [2.05, 4.69) is 15.6 Å². The number of imidazole rings is 1. The van der Waals surface area contributed by atoms with Crippen LogP contribution in [0.1, 0.15) is 26.5 Å². The van der Waals surface area contributed by atoms with E-state index in [1.807, 2.05) is 25.3 Å². The number of rotatable bonds is 6. The molecule has 1 heterocycles. The molecule has 6 nitrogen and oxygen atoms in total. The first-order valence-corrected chi connectivity index (χ1v) is 7.87. The number of halogens is 1. The first-order valence-electron chi connectivity index (χ1n) is 7.49. The number of urea groups is 1. The number of aromatic nitrogens is 2. The Morgan fingerprint density at radius 1 is 1.43 bits per heavy atom. The maximum atomic E-state index is 12.0. The van der Waals surface area contributed by atoms with Crippen LogP contribution < -0.4 is 15.4 Å². The Morgan fingerprint density at radius 3 is 2.87 bits per heavy atom. The fraction of sp³-hybridized carbons (Fsp3) is 0.375. The Kier molecular flexibility index (Phi) is 5.87. The lowest BCUT2D eigenvalue weighted by atomic mass is 10.3. The summed E-state index contributed by atoms with van der Waals surface area (Å²) in [5.74, 6) is 0.597. The van der Waals surface area contributed by atoms with E-state index in [0.717, 1.165) is 12.2 Å². The third-order valence-electron chi connectivity index (χ3n) is 3.12. The van der Waals surface area contributed by atoms with Gasteiger partial charge in [-0.05, 0) is 39.0 Å². The molecule has 0 saturated carbocycles. The molecule has 7 heteroatoms. The molecule has 0 radical (unpaired) electrons. The van der Waals surface area contributed by atoms with E-state index >= 15 is 0 Å². The van der Waals surface area contributed by atoms with Crippen molar-refractivity contribution in [3.05, 3.63) is 41.4 Å². The van der Waals surface area contributed by atoms with Gasteiger partial charge in [0, 0.05) is 18.4 Å². The lowest BCUT2D eigenvalue weighted by molar-refractivity contribution is 0.242. The molecule has 0 bridgehead atoms. The van der Waals surface area contributed by atoms with Gasteiger partial charge in [-0.1, -0.05) is 11.6 Å². The van der Waals surface area contributed by atoms with Gasteiger partial charge in [-0.3, -0.25) is 0 Å². The monoisotopic (exact) mass is 336 g/mol. The van der Waals surface area contributed by atoms with Crippen molar-refractivity contribution in [2.45, 2.75) is 40.0 Å². The van der Waals surface area contributed by atoms with Gasteiger partial charge in [0.25, 0.3) is 0 Å². The number of hydrogen-bond donors (Lipinski definition) is 2. The number of carbonyl (C=O) groups is 1. The van der Waals surface area contributed by atoms with E-state index in [0.29, 0.717) is 23.0 Å². The van der Waals surface area contributed by atoms with Crippen LogP contribution in [0.25, 0.3) is 0 Å². The number of nitrogens with one attached hydrogen (secondary N) is 2. The van der Waals surface area contributed by atoms with Gasteiger partial charge in [-0.15, -0.1) is 0 Å². The smallest absolute Gasteiger partial charge is 0.319 e. The Hall–Kier alpha value is -2.21. The predicted octanol–water partition coefficient (Wildman–Crippen LogP) is 3.67. The largest absolute Gasteiger partial charge is 0.489 e. The summed E-state index contributed by atoms with van der Waals surface area (Å²) in [5.41, 5.74) is 1.55. The van der Waals surface area contributed by atoms with Crippen LogP contribution in [0.15, 0.2) is 30.7 Å². The fourth-order valence-electron chi connectivity index (χ4n) is 2.05. The number of nitrogens with zero attached hydrogens (tertiary/aromatic N) is 2. The molecular weight excluding hydrogens is 316 g/mol. The maximum Gasteiger partial charge on any atom is 0.319 e. The zero-order valence-corrected chi connectivity index (χ0v) is 14.2. The molecule has 0 aliphatic carbocycles. The van der Waals surface area contributed by atoms with Crippen LogP contribution in [-0.4, -0.2) is 21.7 Å². The molecule has 0 atom stereocenters. The minimum absolute atomic E-state index is 0.0398. The summed E-state index contributed by atoms with van der Waals surface area (Å²) in [7, 11) is 0. The molecule has 0 aliphatic rings. The number of carbonyl (C=O) groups excluding carboxylic acids is 1. The van der Waals surface area contributed by atoms with Gasteiger partial charge in [0.2, 0.25) is 0 Å². The van der Waals surface area contributed by atoms with Crippen LogP contribution in [0.5, 0.6) is 5.75 Å². The summed E-state index contributed by atoms with van der Waals surface area (Å²) in [6.45, 7) is 7.09. The minimum atomic E-state index is -0.303. The summed E-state index contributed by atoms with van der Waals surface area (Å²) >= 11 is 6.15. The Bertz CT molecular complexity index is 670. The van der Waals surface area contributed by atoms with Crippen LogP contribution >= 0.6 is 11.6 Å². The van der Waals surface area contributed by atoms with Crippen molar-refractivity contribution in [3.8, 4) is 5.75 Å². The van der Waals surface area contributed by atoms with Crippen LogP contribution in [0.3, 0.4) is 0 Å². The molecule has 1 aromatic carbocycles. The van der Waals surface area contributed by atoms with Crippen molar-refractivity contribution >= 4 is 23.3 Å². The van der Waals surface area contributed by atoms with E-state index in [4.69, 9.17) is 16.3 Å². The zero-order valence-electron chi connectivity index (χ0n) is 13.5. The zero-order chi connectivity index (χ0) is 16.8. The van der Waals surface area contributed by atoms with E-state index in [-0.39, 0.29) is 12.1 Å². The molecule has 0 fully saturated rings. The quantitative estimate of drug-likeness (QED) is 0.845. The predicted molar refractivity (Wildman–Crippen MR) is 91.0 cm³/mol. The van der Waals surface area contributed by atoms with Crippen LogP contribution in [0, 0.1) is 0 Å². The van der Waals surface area contributed by atoms with Gasteiger partial charge >= 0.3 is 6.03 Å². The average molecular weight is 337 g/mol. The molecule has 2 amide bonds. The fourth-order valence-corrected chi connectivity index (χ4v) is 2.28. The Balaban J connectivity index is 1.91. The second-order valence-corrected chi connectivity index (χ2v) is 5.70. The van der Waals surface area contributed by atoms with E-state index in [1.165, 1.54) is 0 Å². The highest BCUT2D eigenvalue weighted by molar-refractivity contribution is 6.32. The topological polar surface area (TPSA) is 68.2 Å². The van der Waals surface area contributed by atoms with Crippen LogP contribution in [0.2, 0.25) is 5.02 Å². The standard InChI is InChI=1S/C16H21ClN4O2/c1-4-21-10-18-8-13(21)9-19-16(22)20-12-5-6-15(14(17)7-12)23-11(2)3/h5-8,10-11H,4,9H2,1-3H3,(H2,19,20,22). The summed E-state index contributed by atoms with van der Waals surface area (Å²) in [4.78, 5) is 16.0. The summed E-state index contributed by atoms with van der Waals surface area (Å²) in [5, 5.41) is 5.99. The second kappa shape index (κ2) is 7.87. The molecule has 2 aromatic rings. The first kappa shape index (κ1) is 17.1. The second-order valence-electron chi connectivity index (χ2n) is 5.29. The van der Waals surface area contributed by atoms with Crippen molar-refractivity contribution in [1.29, 1.82) is 0 Å². The number of amides is 2.